The monoisotopic (exact) mass is 195 g/mol. The molecule has 3 heteroatoms. The molecule has 1 aromatic rings. The van der Waals surface area contributed by atoms with Crippen LogP contribution in [0.2, 0.25) is 0 Å². The van der Waals surface area contributed by atoms with Crippen molar-refractivity contribution >= 4 is 0 Å². The lowest BCUT2D eigenvalue weighted by Gasteiger charge is -2.26. The summed E-state index contributed by atoms with van der Waals surface area (Å²) in [5.74, 6) is 0.495. The Hall–Kier alpha value is -1.09. The van der Waals surface area contributed by atoms with Crippen LogP contribution in [0.15, 0.2) is 18.3 Å². The predicted molar refractivity (Wildman–Crippen MR) is 55.2 cm³/mol. The molecule has 3 nitrogen and oxygen atoms in total. The summed E-state index contributed by atoms with van der Waals surface area (Å²) in [6.45, 7) is 5.93. The zero-order valence-corrected chi connectivity index (χ0v) is 9.11. The van der Waals surface area contributed by atoms with E-state index in [0.29, 0.717) is 5.88 Å². The van der Waals surface area contributed by atoms with Crippen LogP contribution in [0.25, 0.3) is 0 Å². The Balaban J connectivity index is 3.06. The molecule has 1 N–H and O–H groups in total. The van der Waals surface area contributed by atoms with E-state index in [1.54, 1.807) is 19.4 Å². The number of aliphatic hydroxyl groups is 1. The first kappa shape index (κ1) is 11.0. The number of aromatic nitrogens is 1. The van der Waals surface area contributed by atoms with Crippen molar-refractivity contribution in [1.29, 1.82) is 0 Å². The van der Waals surface area contributed by atoms with Crippen molar-refractivity contribution in [2.24, 2.45) is 5.41 Å². The lowest BCUT2D eigenvalue weighted by Crippen LogP contribution is -2.18. The molecule has 14 heavy (non-hydrogen) atoms. The Kier molecular flexibility index (Phi) is 3.11. The summed E-state index contributed by atoms with van der Waals surface area (Å²) in [5, 5.41) is 10.0. The number of hydrogen-bond donors (Lipinski definition) is 1. The number of aliphatic hydroxyl groups excluding tert-OH is 1. The van der Waals surface area contributed by atoms with Crippen LogP contribution < -0.4 is 4.74 Å². The molecule has 0 aliphatic heterocycles. The highest BCUT2D eigenvalue weighted by atomic mass is 16.5. The summed E-state index contributed by atoms with van der Waals surface area (Å²) in [4.78, 5) is 4.05. The fourth-order valence-electron chi connectivity index (χ4n) is 1.25. The Morgan fingerprint density at radius 1 is 1.43 bits per heavy atom. The maximum Gasteiger partial charge on any atom is 0.218 e. The fraction of sp³-hybridized carbons (Fsp3) is 0.545. The van der Waals surface area contributed by atoms with Crippen LogP contribution in [-0.2, 0) is 0 Å². The molecule has 0 radical (unpaired) electrons. The second-order valence-corrected chi connectivity index (χ2v) is 4.37. The van der Waals surface area contributed by atoms with Crippen molar-refractivity contribution in [2.75, 3.05) is 7.11 Å². The molecule has 0 aliphatic carbocycles. The van der Waals surface area contributed by atoms with E-state index in [9.17, 15) is 5.11 Å². The van der Waals surface area contributed by atoms with Gasteiger partial charge in [-0.15, -0.1) is 0 Å². The van der Waals surface area contributed by atoms with Crippen LogP contribution in [0.5, 0.6) is 5.88 Å². The molecule has 0 amide bonds. The number of nitrogens with zero attached hydrogens (tertiary/aromatic N) is 1. The average molecular weight is 195 g/mol. The molecule has 1 unspecified atom stereocenters. The molecule has 0 bridgehead atoms. The minimum absolute atomic E-state index is 0.212. The average Bonchev–Trinajstić information content (AvgIpc) is 2.15. The molecule has 1 heterocycles. The van der Waals surface area contributed by atoms with Crippen LogP contribution in [0.4, 0.5) is 0 Å². The topological polar surface area (TPSA) is 42.4 Å². The molecule has 0 spiro atoms. The van der Waals surface area contributed by atoms with E-state index in [1.807, 2.05) is 26.8 Å². The third-order valence-corrected chi connectivity index (χ3v) is 2.11. The van der Waals surface area contributed by atoms with E-state index < -0.39 is 6.10 Å². The molecule has 0 saturated carbocycles. The molecule has 78 valence electrons. The summed E-state index contributed by atoms with van der Waals surface area (Å²) in [6.07, 6.45) is 1.09. The Labute approximate surface area is 84.7 Å². The van der Waals surface area contributed by atoms with Crippen molar-refractivity contribution in [1.82, 2.24) is 4.98 Å². The number of ether oxygens (including phenoxy) is 1. The van der Waals surface area contributed by atoms with Gasteiger partial charge in [0, 0.05) is 11.8 Å². The van der Waals surface area contributed by atoms with Crippen LogP contribution >= 0.6 is 0 Å². The van der Waals surface area contributed by atoms with Gasteiger partial charge in [-0.2, -0.15) is 0 Å². The van der Waals surface area contributed by atoms with E-state index in [2.05, 4.69) is 4.98 Å². The smallest absolute Gasteiger partial charge is 0.218 e. The van der Waals surface area contributed by atoms with Gasteiger partial charge in [0.2, 0.25) is 5.88 Å². The summed E-state index contributed by atoms with van der Waals surface area (Å²) >= 11 is 0. The summed E-state index contributed by atoms with van der Waals surface area (Å²) in [7, 11) is 1.56. The number of pyridine rings is 1. The third-order valence-electron chi connectivity index (χ3n) is 2.11. The first-order valence-electron chi connectivity index (χ1n) is 4.64. The summed E-state index contributed by atoms with van der Waals surface area (Å²) in [5.41, 5.74) is 0.526. The minimum atomic E-state index is -0.564. The molecule has 1 rings (SSSR count). The van der Waals surface area contributed by atoms with E-state index in [-0.39, 0.29) is 5.41 Å². The van der Waals surface area contributed by atoms with E-state index in [1.165, 1.54) is 0 Å². The zero-order valence-electron chi connectivity index (χ0n) is 9.11. The predicted octanol–water partition coefficient (Wildman–Crippen LogP) is 2.17. The largest absolute Gasteiger partial charge is 0.481 e. The minimum Gasteiger partial charge on any atom is -0.481 e. The molecule has 0 aromatic carbocycles. The maximum atomic E-state index is 10.0. The third kappa shape index (κ3) is 2.23. The molecular formula is C11H17NO2. The van der Waals surface area contributed by atoms with Gasteiger partial charge < -0.3 is 9.84 Å². The molecular weight excluding hydrogens is 178 g/mol. The van der Waals surface area contributed by atoms with Crippen molar-refractivity contribution in [3.05, 3.63) is 23.9 Å². The van der Waals surface area contributed by atoms with Crippen LogP contribution in [0, 0.1) is 5.41 Å². The molecule has 1 aromatic heterocycles. The Bertz CT molecular complexity index is 304. The summed E-state index contributed by atoms with van der Waals surface area (Å²) < 4.78 is 5.09. The SMILES string of the molecule is COc1ncccc1C(O)C(C)(C)C. The van der Waals surface area contributed by atoms with Gasteiger partial charge in [-0.3, -0.25) is 0 Å². The Morgan fingerprint density at radius 2 is 2.07 bits per heavy atom. The van der Waals surface area contributed by atoms with Gasteiger partial charge in [0.15, 0.2) is 0 Å². The van der Waals surface area contributed by atoms with Gasteiger partial charge in [-0.05, 0) is 17.5 Å². The molecule has 0 saturated heterocycles. The quantitative estimate of drug-likeness (QED) is 0.786. The van der Waals surface area contributed by atoms with Gasteiger partial charge >= 0.3 is 0 Å². The van der Waals surface area contributed by atoms with Crippen LogP contribution in [-0.4, -0.2) is 17.2 Å². The van der Waals surface area contributed by atoms with Crippen molar-refractivity contribution < 1.29 is 9.84 Å². The second kappa shape index (κ2) is 3.96. The highest BCUT2D eigenvalue weighted by molar-refractivity contribution is 5.28. The van der Waals surface area contributed by atoms with E-state index >= 15 is 0 Å². The lowest BCUT2D eigenvalue weighted by atomic mass is 9.85. The van der Waals surface area contributed by atoms with Gasteiger partial charge in [0.1, 0.15) is 0 Å². The first-order chi connectivity index (χ1) is 6.46. The van der Waals surface area contributed by atoms with Gasteiger partial charge in [-0.1, -0.05) is 20.8 Å². The standard InChI is InChI=1S/C11H17NO2/c1-11(2,3)9(13)8-6-5-7-12-10(8)14-4/h5-7,9,13H,1-4H3. The van der Waals surface area contributed by atoms with Crippen LogP contribution in [0.3, 0.4) is 0 Å². The fourth-order valence-corrected chi connectivity index (χ4v) is 1.25. The van der Waals surface area contributed by atoms with Gasteiger partial charge in [0.05, 0.1) is 13.2 Å². The Morgan fingerprint density at radius 3 is 2.57 bits per heavy atom. The van der Waals surface area contributed by atoms with Crippen molar-refractivity contribution in [2.45, 2.75) is 26.9 Å². The summed E-state index contributed by atoms with van der Waals surface area (Å²) in [6, 6.07) is 3.63. The van der Waals surface area contributed by atoms with Gasteiger partial charge in [-0.25, -0.2) is 4.98 Å². The number of rotatable bonds is 2. The lowest BCUT2D eigenvalue weighted by molar-refractivity contribution is 0.0598. The van der Waals surface area contributed by atoms with Crippen LogP contribution in [0.1, 0.15) is 32.4 Å². The van der Waals surface area contributed by atoms with E-state index in [0.717, 1.165) is 5.56 Å². The number of methoxy groups -OCH3 is 1. The highest BCUT2D eigenvalue weighted by Crippen LogP contribution is 2.35. The molecule has 0 fully saturated rings. The van der Waals surface area contributed by atoms with Crippen molar-refractivity contribution in [3.63, 3.8) is 0 Å². The number of hydrogen-bond acceptors (Lipinski definition) is 3. The molecule has 0 aliphatic rings. The first-order valence-corrected chi connectivity index (χ1v) is 4.64. The molecule has 1 atom stereocenters. The zero-order chi connectivity index (χ0) is 10.8. The second-order valence-electron chi connectivity index (χ2n) is 4.37. The van der Waals surface area contributed by atoms with E-state index in [4.69, 9.17) is 4.74 Å². The van der Waals surface area contributed by atoms with Crippen molar-refractivity contribution in [3.8, 4) is 5.88 Å². The maximum absolute atomic E-state index is 10.0. The van der Waals surface area contributed by atoms with Gasteiger partial charge in [0.25, 0.3) is 0 Å². The highest BCUT2D eigenvalue weighted by Gasteiger charge is 2.26. The normalized spacial score (nSPS) is 13.8.